The summed E-state index contributed by atoms with van der Waals surface area (Å²) in [5.74, 6) is 0.215. The van der Waals surface area contributed by atoms with Gasteiger partial charge in [-0.05, 0) is 6.42 Å². The average Bonchev–Trinajstić information content (AvgIpc) is 2.29. The average molecular weight is 168 g/mol. The normalized spacial score (nSPS) is 23.8. The first-order chi connectivity index (χ1) is 5.46. The van der Waals surface area contributed by atoms with Crippen molar-refractivity contribution >= 4 is 11.6 Å². The third-order valence-corrected chi connectivity index (χ3v) is 2.08. The van der Waals surface area contributed by atoms with Gasteiger partial charge in [-0.25, -0.2) is 0 Å². The van der Waals surface area contributed by atoms with Crippen molar-refractivity contribution < 1.29 is 5.11 Å². The topological polar surface area (TPSA) is 45.0 Å². The maximum Gasteiger partial charge on any atom is 0.215 e. The number of hydrogen-bond donors (Lipinski definition) is 1. The molecular weight excluding hydrogens is 152 g/mol. The smallest absolute Gasteiger partial charge is 0.215 e. The molecule has 1 rings (SSSR count). The Hall–Kier alpha value is -0.860. The SMILES string of the molecule is CCC1C(O)=NN=C1C(C)(C)C. The molecule has 12 heavy (non-hydrogen) atoms. The van der Waals surface area contributed by atoms with Crippen LogP contribution in [0.1, 0.15) is 34.1 Å². The summed E-state index contributed by atoms with van der Waals surface area (Å²) in [4.78, 5) is 0. The molecule has 1 atom stereocenters. The zero-order chi connectivity index (χ0) is 9.35. The summed E-state index contributed by atoms with van der Waals surface area (Å²) in [6.45, 7) is 8.29. The molecule has 0 spiro atoms. The minimum absolute atomic E-state index is 0.00859. The summed E-state index contributed by atoms with van der Waals surface area (Å²) in [5, 5.41) is 17.0. The fourth-order valence-electron chi connectivity index (χ4n) is 1.42. The molecule has 1 aliphatic rings. The number of hydrogen-bond acceptors (Lipinski definition) is 2. The Labute approximate surface area is 73.2 Å². The lowest BCUT2D eigenvalue weighted by molar-refractivity contribution is 0.496. The Morgan fingerprint density at radius 2 is 1.92 bits per heavy atom. The second-order valence-electron chi connectivity index (χ2n) is 4.15. The summed E-state index contributed by atoms with van der Waals surface area (Å²) < 4.78 is 0. The van der Waals surface area contributed by atoms with E-state index in [2.05, 4.69) is 31.0 Å². The van der Waals surface area contributed by atoms with Crippen LogP contribution in [-0.2, 0) is 0 Å². The first-order valence-corrected chi connectivity index (χ1v) is 4.31. The van der Waals surface area contributed by atoms with E-state index in [1.165, 1.54) is 0 Å². The maximum absolute atomic E-state index is 9.36. The minimum Gasteiger partial charge on any atom is -0.495 e. The third kappa shape index (κ3) is 1.49. The van der Waals surface area contributed by atoms with Crippen LogP contribution in [0.2, 0.25) is 0 Å². The van der Waals surface area contributed by atoms with Crippen LogP contribution in [0.5, 0.6) is 0 Å². The molecule has 0 amide bonds. The Morgan fingerprint density at radius 1 is 1.33 bits per heavy atom. The molecule has 1 aliphatic heterocycles. The Morgan fingerprint density at radius 3 is 2.25 bits per heavy atom. The van der Waals surface area contributed by atoms with E-state index in [0.29, 0.717) is 0 Å². The fourth-order valence-corrected chi connectivity index (χ4v) is 1.42. The maximum atomic E-state index is 9.36. The van der Waals surface area contributed by atoms with E-state index >= 15 is 0 Å². The van der Waals surface area contributed by atoms with Gasteiger partial charge in [0.15, 0.2) is 0 Å². The second-order valence-corrected chi connectivity index (χ2v) is 4.15. The van der Waals surface area contributed by atoms with E-state index in [1.54, 1.807) is 0 Å². The van der Waals surface area contributed by atoms with Gasteiger partial charge >= 0.3 is 0 Å². The molecule has 0 radical (unpaired) electrons. The van der Waals surface area contributed by atoms with Gasteiger partial charge in [0.2, 0.25) is 5.90 Å². The number of rotatable bonds is 1. The van der Waals surface area contributed by atoms with Crippen molar-refractivity contribution in [1.29, 1.82) is 0 Å². The zero-order valence-electron chi connectivity index (χ0n) is 8.13. The molecule has 3 heteroatoms. The molecule has 0 fully saturated rings. The Balaban J connectivity index is 2.85. The van der Waals surface area contributed by atoms with Gasteiger partial charge < -0.3 is 5.11 Å². The van der Waals surface area contributed by atoms with Crippen LogP contribution in [0.4, 0.5) is 0 Å². The van der Waals surface area contributed by atoms with Crippen LogP contribution in [0.25, 0.3) is 0 Å². The first-order valence-electron chi connectivity index (χ1n) is 4.31. The molecule has 68 valence electrons. The monoisotopic (exact) mass is 168 g/mol. The lowest BCUT2D eigenvalue weighted by Gasteiger charge is -2.22. The van der Waals surface area contributed by atoms with Gasteiger partial charge in [-0.2, -0.15) is 5.10 Å². The molecule has 1 N–H and O–H groups in total. The summed E-state index contributed by atoms with van der Waals surface area (Å²) >= 11 is 0. The van der Waals surface area contributed by atoms with Gasteiger partial charge in [0.05, 0.1) is 11.6 Å². The van der Waals surface area contributed by atoms with Crippen molar-refractivity contribution in [3.63, 3.8) is 0 Å². The number of nitrogens with zero attached hydrogens (tertiary/aromatic N) is 2. The molecule has 0 aromatic heterocycles. The van der Waals surface area contributed by atoms with Crippen LogP contribution in [0, 0.1) is 11.3 Å². The van der Waals surface area contributed by atoms with Crippen molar-refractivity contribution in [1.82, 2.24) is 0 Å². The van der Waals surface area contributed by atoms with Crippen LogP contribution >= 0.6 is 0 Å². The minimum atomic E-state index is 0.00859. The van der Waals surface area contributed by atoms with Gasteiger partial charge in [0.1, 0.15) is 0 Å². The van der Waals surface area contributed by atoms with Gasteiger partial charge in [0.25, 0.3) is 0 Å². The highest BCUT2D eigenvalue weighted by Gasteiger charge is 2.33. The number of aliphatic hydroxyl groups is 1. The summed E-state index contributed by atoms with van der Waals surface area (Å²) in [6, 6.07) is 0. The quantitative estimate of drug-likeness (QED) is 0.642. The van der Waals surface area contributed by atoms with E-state index < -0.39 is 0 Å². The molecular formula is C9H16N2O. The Bertz CT molecular complexity index is 235. The van der Waals surface area contributed by atoms with E-state index in [-0.39, 0.29) is 17.2 Å². The van der Waals surface area contributed by atoms with Crippen molar-refractivity contribution in [2.45, 2.75) is 34.1 Å². The molecule has 0 aromatic carbocycles. The van der Waals surface area contributed by atoms with Crippen molar-refractivity contribution in [3.05, 3.63) is 0 Å². The predicted octanol–water partition coefficient (Wildman–Crippen LogP) is 2.38. The Kier molecular flexibility index (Phi) is 2.22. The number of aliphatic hydroxyl groups excluding tert-OH is 1. The summed E-state index contributed by atoms with van der Waals surface area (Å²) in [7, 11) is 0. The van der Waals surface area contributed by atoms with Crippen molar-refractivity contribution in [2.75, 3.05) is 0 Å². The molecule has 1 heterocycles. The first kappa shape index (κ1) is 9.23. The molecule has 0 bridgehead atoms. The molecule has 0 aliphatic carbocycles. The third-order valence-electron chi connectivity index (χ3n) is 2.08. The highest BCUT2D eigenvalue weighted by Crippen LogP contribution is 2.27. The summed E-state index contributed by atoms with van der Waals surface area (Å²) in [6.07, 6.45) is 0.867. The standard InChI is InChI=1S/C9H16N2O/c1-5-6-7(9(2,3)4)10-11-8(6)12/h6H,5H2,1-4H3,(H,11,12). The largest absolute Gasteiger partial charge is 0.495 e. The zero-order valence-corrected chi connectivity index (χ0v) is 8.13. The molecule has 0 aromatic rings. The second kappa shape index (κ2) is 2.88. The highest BCUT2D eigenvalue weighted by molar-refractivity contribution is 6.08. The van der Waals surface area contributed by atoms with Crippen molar-refractivity contribution in [3.8, 4) is 0 Å². The molecule has 0 saturated carbocycles. The van der Waals surface area contributed by atoms with Crippen LogP contribution in [0.15, 0.2) is 10.2 Å². The van der Waals surface area contributed by atoms with E-state index in [0.717, 1.165) is 12.1 Å². The van der Waals surface area contributed by atoms with Crippen LogP contribution < -0.4 is 0 Å². The fraction of sp³-hybridized carbons (Fsp3) is 0.778. The van der Waals surface area contributed by atoms with E-state index in [4.69, 9.17) is 0 Å². The van der Waals surface area contributed by atoms with Gasteiger partial charge in [-0.15, -0.1) is 5.10 Å². The van der Waals surface area contributed by atoms with Gasteiger partial charge in [-0.3, -0.25) is 0 Å². The molecule has 0 saturated heterocycles. The van der Waals surface area contributed by atoms with Crippen LogP contribution in [-0.4, -0.2) is 16.7 Å². The van der Waals surface area contributed by atoms with Gasteiger partial charge in [-0.1, -0.05) is 27.7 Å². The van der Waals surface area contributed by atoms with Gasteiger partial charge in [0, 0.05) is 5.41 Å². The van der Waals surface area contributed by atoms with Crippen molar-refractivity contribution in [2.24, 2.45) is 21.5 Å². The summed E-state index contributed by atoms with van der Waals surface area (Å²) in [5.41, 5.74) is 0.997. The van der Waals surface area contributed by atoms with Crippen LogP contribution in [0.3, 0.4) is 0 Å². The molecule has 3 nitrogen and oxygen atoms in total. The van der Waals surface area contributed by atoms with E-state index in [1.807, 2.05) is 6.92 Å². The highest BCUT2D eigenvalue weighted by atomic mass is 16.3. The lowest BCUT2D eigenvalue weighted by atomic mass is 9.81. The van der Waals surface area contributed by atoms with E-state index in [9.17, 15) is 5.11 Å². The predicted molar refractivity (Wildman–Crippen MR) is 50.7 cm³/mol. The lowest BCUT2D eigenvalue weighted by Crippen LogP contribution is -2.30. The molecule has 1 unspecified atom stereocenters.